The van der Waals surface area contributed by atoms with Crippen LogP contribution in [-0.4, -0.2) is 24.3 Å². The van der Waals surface area contributed by atoms with E-state index < -0.39 is 11.9 Å². The Hall–Kier alpha value is -3.41. The Kier molecular flexibility index (Phi) is 4.61. The first-order valence-corrected chi connectivity index (χ1v) is 7.55. The zero-order chi connectivity index (χ0) is 17.8. The summed E-state index contributed by atoms with van der Waals surface area (Å²) >= 11 is 0. The zero-order valence-electron chi connectivity index (χ0n) is 13.5. The summed E-state index contributed by atoms with van der Waals surface area (Å²) in [6.45, 7) is 5.32. The van der Waals surface area contributed by atoms with Crippen molar-refractivity contribution >= 4 is 23.7 Å². The van der Waals surface area contributed by atoms with Crippen molar-refractivity contribution in [3.8, 4) is 11.3 Å². The first-order valence-electron chi connectivity index (χ1n) is 7.55. The predicted molar refractivity (Wildman–Crippen MR) is 91.8 cm³/mol. The molecule has 1 aliphatic heterocycles. The number of oxime groups is 1. The van der Waals surface area contributed by atoms with Gasteiger partial charge in [-0.3, -0.25) is 0 Å². The Morgan fingerprint density at radius 2 is 2.08 bits per heavy atom. The van der Waals surface area contributed by atoms with Crippen LogP contribution in [0.2, 0.25) is 0 Å². The van der Waals surface area contributed by atoms with Gasteiger partial charge in [0.15, 0.2) is 0 Å². The summed E-state index contributed by atoms with van der Waals surface area (Å²) in [5.41, 5.74) is 1.80. The van der Waals surface area contributed by atoms with E-state index in [9.17, 15) is 9.59 Å². The van der Waals surface area contributed by atoms with Crippen molar-refractivity contribution < 1.29 is 23.6 Å². The number of rotatable bonds is 5. The molecule has 2 heterocycles. The molecular weight excluding hydrogens is 322 g/mol. The molecule has 3 rings (SSSR count). The minimum atomic E-state index is -0.524. The van der Waals surface area contributed by atoms with Crippen LogP contribution < -0.4 is 0 Å². The number of nitrogens with zero attached hydrogens (tertiary/aromatic N) is 1. The fourth-order valence-corrected chi connectivity index (χ4v) is 2.33. The van der Waals surface area contributed by atoms with Crippen molar-refractivity contribution in [3.63, 3.8) is 0 Å². The average molecular weight is 337 g/mol. The highest BCUT2D eigenvalue weighted by Gasteiger charge is 2.23. The van der Waals surface area contributed by atoms with Gasteiger partial charge in [0.05, 0.1) is 16.8 Å². The summed E-state index contributed by atoms with van der Waals surface area (Å²) in [6, 6.07) is 10.4. The first kappa shape index (κ1) is 16.4. The topological polar surface area (TPSA) is 78.1 Å². The van der Waals surface area contributed by atoms with Crippen LogP contribution in [0.4, 0.5) is 0 Å². The third-order valence-corrected chi connectivity index (χ3v) is 3.53. The highest BCUT2D eigenvalue weighted by Crippen LogP contribution is 2.28. The Morgan fingerprint density at radius 1 is 1.28 bits per heavy atom. The van der Waals surface area contributed by atoms with E-state index in [-0.39, 0.29) is 6.61 Å². The minimum absolute atomic E-state index is 0.128. The molecule has 0 N–H and O–H groups in total. The minimum Gasteiger partial charge on any atom is -0.458 e. The monoisotopic (exact) mass is 337 g/mol. The van der Waals surface area contributed by atoms with Crippen LogP contribution in [0.15, 0.2) is 64.2 Å². The molecule has 0 atom stereocenters. The van der Waals surface area contributed by atoms with E-state index in [0.717, 1.165) is 0 Å². The highest BCUT2D eigenvalue weighted by molar-refractivity contribution is 6.24. The molecular formula is C19H15NO5. The molecule has 0 fully saturated rings. The molecule has 0 saturated carbocycles. The van der Waals surface area contributed by atoms with E-state index in [0.29, 0.717) is 33.9 Å². The summed E-state index contributed by atoms with van der Waals surface area (Å²) < 4.78 is 10.9. The van der Waals surface area contributed by atoms with Crippen LogP contribution in [0.3, 0.4) is 0 Å². The summed E-state index contributed by atoms with van der Waals surface area (Å²) in [5, 5.41) is 3.61. The summed E-state index contributed by atoms with van der Waals surface area (Å²) in [4.78, 5) is 28.4. The van der Waals surface area contributed by atoms with Crippen molar-refractivity contribution in [2.45, 2.75) is 6.92 Å². The lowest BCUT2D eigenvalue weighted by molar-refractivity contribution is -0.136. The molecule has 1 aliphatic rings. The van der Waals surface area contributed by atoms with E-state index in [2.05, 4.69) is 16.6 Å². The van der Waals surface area contributed by atoms with Crippen LogP contribution >= 0.6 is 0 Å². The number of esters is 1. The van der Waals surface area contributed by atoms with E-state index >= 15 is 0 Å². The molecule has 0 spiro atoms. The molecule has 0 aliphatic carbocycles. The standard InChI is InChI=1S/C19H15NO5/c1-3-10-23-18(21)15-7-5-4-6-14(15)17-9-8-13(24-17)11-16-12(2)20-25-19(16)22/h3-9,11H,1,10H2,2H3/b16-11-. The lowest BCUT2D eigenvalue weighted by atomic mass is 10.1. The summed E-state index contributed by atoms with van der Waals surface area (Å²) in [6.07, 6.45) is 3.05. The zero-order valence-corrected chi connectivity index (χ0v) is 13.5. The molecule has 25 heavy (non-hydrogen) atoms. The Morgan fingerprint density at radius 3 is 2.80 bits per heavy atom. The van der Waals surface area contributed by atoms with Crippen molar-refractivity contribution in [2.24, 2.45) is 5.16 Å². The number of carbonyl (C=O) groups excluding carboxylic acids is 2. The van der Waals surface area contributed by atoms with Gasteiger partial charge in [0, 0.05) is 5.56 Å². The Bertz CT molecular complexity index is 904. The summed E-state index contributed by atoms with van der Waals surface area (Å²) in [5.74, 6) is -0.0513. The number of furan rings is 1. The third kappa shape index (κ3) is 3.42. The fraction of sp³-hybridized carbons (Fsp3) is 0.105. The van der Waals surface area contributed by atoms with Gasteiger partial charge in [-0.1, -0.05) is 36.0 Å². The molecule has 2 aromatic rings. The van der Waals surface area contributed by atoms with Gasteiger partial charge in [0.2, 0.25) is 0 Å². The average Bonchev–Trinajstić information content (AvgIpc) is 3.22. The van der Waals surface area contributed by atoms with Crippen LogP contribution in [0, 0.1) is 0 Å². The predicted octanol–water partition coefficient (Wildman–Crippen LogP) is 3.61. The second-order valence-electron chi connectivity index (χ2n) is 5.25. The van der Waals surface area contributed by atoms with E-state index in [1.807, 2.05) is 0 Å². The van der Waals surface area contributed by atoms with Gasteiger partial charge in [-0.05, 0) is 31.2 Å². The van der Waals surface area contributed by atoms with Gasteiger partial charge < -0.3 is 14.0 Å². The van der Waals surface area contributed by atoms with Gasteiger partial charge >= 0.3 is 11.9 Å². The van der Waals surface area contributed by atoms with Gasteiger partial charge in [0.25, 0.3) is 0 Å². The molecule has 0 amide bonds. The number of hydrogen-bond donors (Lipinski definition) is 0. The van der Waals surface area contributed by atoms with Crippen LogP contribution in [0.5, 0.6) is 0 Å². The van der Waals surface area contributed by atoms with Gasteiger partial charge in [0.1, 0.15) is 18.1 Å². The summed E-state index contributed by atoms with van der Waals surface area (Å²) in [7, 11) is 0. The molecule has 1 aromatic heterocycles. The SMILES string of the molecule is C=CCOC(=O)c1ccccc1-c1ccc(/C=C2\C(=O)ON=C2C)o1. The molecule has 0 saturated heterocycles. The van der Waals surface area contributed by atoms with E-state index in [4.69, 9.17) is 9.15 Å². The van der Waals surface area contributed by atoms with Crippen molar-refractivity contribution in [1.82, 2.24) is 0 Å². The van der Waals surface area contributed by atoms with Gasteiger partial charge in [-0.15, -0.1) is 0 Å². The van der Waals surface area contributed by atoms with Crippen LogP contribution in [-0.2, 0) is 14.4 Å². The maximum Gasteiger partial charge on any atom is 0.367 e. The Balaban J connectivity index is 1.92. The molecule has 126 valence electrons. The van der Waals surface area contributed by atoms with Gasteiger partial charge in [-0.2, -0.15) is 0 Å². The molecule has 6 nitrogen and oxygen atoms in total. The highest BCUT2D eigenvalue weighted by atomic mass is 16.7. The second-order valence-corrected chi connectivity index (χ2v) is 5.25. The maximum atomic E-state index is 12.2. The normalized spacial score (nSPS) is 15.0. The van der Waals surface area contributed by atoms with Crippen molar-refractivity contribution in [2.75, 3.05) is 6.61 Å². The fourth-order valence-electron chi connectivity index (χ4n) is 2.33. The molecule has 1 aromatic carbocycles. The largest absolute Gasteiger partial charge is 0.458 e. The molecule has 0 radical (unpaired) electrons. The number of benzene rings is 1. The van der Waals surface area contributed by atoms with Crippen molar-refractivity contribution in [3.05, 3.63) is 65.9 Å². The lowest BCUT2D eigenvalue weighted by Gasteiger charge is -2.06. The van der Waals surface area contributed by atoms with Crippen LogP contribution in [0.25, 0.3) is 17.4 Å². The lowest BCUT2D eigenvalue weighted by Crippen LogP contribution is -2.06. The van der Waals surface area contributed by atoms with Crippen molar-refractivity contribution in [1.29, 1.82) is 0 Å². The molecule has 0 unspecified atom stereocenters. The third-order valence-electron chi connectivity index (χ3n) is 3.53. The smallest absolute Gasteiger partial charge is 0.367 e. The van der Waals surface area contributed by atoms with Gasteiger partial charge in [-0.25, -0.2) is 9.59 Å². The number of ether oxygens (including phenoxy) is 1. The second kappa shape index (κ2) is 7.00. The Labute approximate surface area is 144 Å². The van der Waals surface area contributed by atoms with E-state index in [1.54, 1.807) is 49.4 Å². The first-order chi connectivity index (χ1) is 12.1. The molecule has 0 bridgehead atoms. The maximum absolute atomic E-state index is 12.2. The molecule has 6 heteroatoms. The number of hydrogen-bond acceptors (Lipinski definition) is 6. The number of carbonyl (C=O) groups is 2. The van der Waals surface area contributed by atoms with E-state index in [1.165, 1.54) is 6.08 Å². The quantitative estimate of drug-likeness (QED) is 0.360. The van der Waals surface area contributed by atoms with Crippen LogP contribution in [0.1, 0.15) is 23.0 Å².